The summed E-state index contributed by atoms with van der Waals surface area (Å²) in [5.41, 5.74) is 4.04. The van der Waals surface area contributed by atoms with Gasteiger partial charge in [0, 0.05) is 22.4 Å². The summed E-state index contributed by atoms with van der Waals surface area (Å²) in [6, 6.07) is 14.9. The number of hydrazone groups is 1. The summed E-state index contributed by atoms with van der Waals surface area (Å²) in [5.74, 6) is 0.0194. The Balaban J connectivity index is 1.68. The summed E-state index contributed by atoms with van der Waals surface area (Å²) >= 11 is 0. The molecule has 0 saturated carbocycles. The lowest BCUT2D eigenvalue weighted by atomic mass is 10.1. The molecule has 0 bridgehead atoms. The van der Waals surface area contributed by atoms with Gasteiger partial charge in [0.2, 0.25) is 5.75 Å². The van der Waals surface area contributed by atoms with Gasteiger partial charge in [0.05, 0.1) is 27.5 Å². The Morgan fingerprint density at radius 2 is 1.52 bits per heavy atom. The molecule has 0 aromatic heterocycles. The largest absolute Gasteiger partial charge is 0.493 e. The maximum Gasteiger partial charge on any atom is 0.271 e. The number of benzene rings is 3. The first-order chi connectivity index (χ1) is 15.9. The lowest BCUT2D eigenvalue weighted by molar-refractivity contribution is 0.0953. The van der Waals surface area contributed by atoms with Crippen molar-refractivity contribution < 1.29 is 28.2 Å². The van der Waals surface area contributed by atoms with Gasteiger partial charge in [0.15, 0.2) is 11.5 Å². The summed E-state index contributed by atoms with van der Waals surface area (Å²) < 4.78 is 28.9. The van der Waals surface area contributed by atoms with Crippen LogP contribution in [-0.4, -0.2) is 39.4 Å². The van der Waals surface area contributed by atoms with E-state index < -0.39 is 17.6 Å². The highest BCUT2D eigenvalue weighted by Crippen LogP contribution is 2.37. The van der Waals surface area contributed by atoms with E-state index in [-0.39, 0.29) is 5.56 Å². The van der Waals surface area contributed by atoms with Crippen molar-refractivity contribution >= 4 is 23.7 Å². The fourth-order valence-electron chi connectivity index (χ4n) is 2.95. The maximum absolute atomic E-state index is 13.0. The van der Waals surface area contributed by atoms with Crippen LogP contribution in [0.3, 0.4) is 0 Å². The van der Waals surface area contributed by atoms with Crippen LogP contribution >= 0.6 is 0 Å². The topological polar surface area (TPSA) is 98.2 Å². The van der Waals surface area contributed by atoms with E-state index in [1.807, 2.05) is 0 Å². The van der Waals surface area contributed by atoms with Crippen LogP contribution < -0.4 is 25.0 Å². The minimum Gasteiger partial charge on any atom is -0.493 e. The highest BCUT2D eigenvalue weighted by molar-refractivity contribution is 6.05. The normalized spacial score (nSPS) is 10.5. The number of nitrogens with one attached hydrogen (secondary N) is 2. The zero-order valence-electron chi connectivity index (χ0n) is 18.2. The van der Waals surface area contributed by atoms with Crippen LogP contribution in [-0.2, 0) is 0 Å². The number of ether oxygens (including phenoxy) is 3. The van der Waals surface area contributed by atoms with Crippen molar-refractivity contribution in [3.63, 3.8) is 0 Å². The third kappa shape index (κ3) is 5.85. The van der Waals surface area contributed by atoms with Crippen LogP contribution in [0.15, 0.2) is 65.8 Å². The molecule has 0 spiro atoms. The minimum absolute atomic E-state index is 0.286. The SMILES string of the molecule is COc1cc(C=NNC(=O)c2cccc(NC(=O)c3ccc(F)cc3)c2)cc(OC)c1OC. The molecule has 0 fully saturated rings. The maximum atomic E-state index is 13.0. The number of amides is 2. The number of carbonyl (C=O) groups is 2. The van der Waals surface area contributed by atoms with Crippen molar-refractivity contribution in [3.8, 4) is 17.2 Å². The number of halogens is 1. The molecule has 170 valence electrons. The molecule has 0 aliphatic rings. The lowest BCUT2D eigenvalue weighted by Crippen LogP contribution is -2.18. The molecular weight excluding hydrogens is 429 g/mol. The standard InChI is InChI=1S/C24H22FN3O5/c1-31-20-11-15(12-21(32-2)22(20)33-3)14-26-28-24(30)17-5-4-6-19(13-17)27-23(29)16-7-9-18(25)10-8-16/h4-14H,1-3H3,(H,27,29)(H,28,30). The van der Waals surface area contributed by atoms with E-state index in [4.69, 9.17) is 14.2 Å². The number of hydrogen-bond acceptors (Lipinski definition) is 6. The Labute approximate surface area is 190 Å². The molecule has 9 heteroatoms. The zero-order valence-corrected chi connectivity index (χ0v) is 18.2. The van der Waals surface area contributed by atoms with Crippen LogP contribution in [0.1, 0.15) is 26.3 Å². The smallest absolute Gasteiger partial charge is 0.271 e. The molecule has 8 nitrogen and oxygen atoms in total. The Kier molecular flexibility index (Phi) is 7.59. The van der Waals surface area contributed by atoms with E-state index in [1.165, 1.54) is 57.9 Å². The Hall–Kier alpha value is -4.40. The summed E-state index contributed by atoms with van der Waals surface area (Å²) in [7, 11) is 4.51. The molecule has 0 heterocycles. The van der Waals surface area contributed by atoms with Gasteiger partial charge in [-0.25, -0.2) is 9.82 Å². The molecule has 0 saturated heterocycles. The van der Waals surface area contributed by atoms with Gasteiger partial charge < -0.3 is 19.5 Å². The highest BCUT2D eigenvalue weighted by Gasteiger charge is 2.13. The predicted molar refractivity (Wildman–Crippen MR) is 122 cm³/mol. The van der Waals surface area contributed by atoms with E-state index >= 15 is 0 Å². The number of carbonyl (C=O) groups excluding carboxylic acids is 2. The molecular formula is C24H22FN3O5. The van der Waals surface area contributed by atoms with E-state index in [2.05, 4.69) is 15.8 Å². The van der Waals surface area contributed by atoms with Crippen molar-refractivity contribution in [1.29, 1.82) is 0 Å². The summed E-state index contributed by atoms with van der Waals surface area (Å²) in [5, 5.41) is 6.64. The van der Waals surface area contributed by atoms with Gasteiger partial charge in [0.25, 0.3) is 11.8 Å². The van der Waals surface area contributed by atoms with Gasteiger partial charge in [0.1, 0.15) is 5.82 Å². The molecule has 0 atom stereocenters. The Bertz CT molecular complexity index is 1150. The van der Waals surface area contributed by atoms with E-state index in [0.717, 1.165) is 0 Å². The number of rotatable bonds is 8. The summed E-state index contributed by atoms with van der Waals surface area (Å²) in [6.45, 7) is 0. The molecule has 0 unspecified atom stereocenters. The molecule has 0 aliphatic heterocycles. The Morgan fingerprint density at radius 1 is 0.848 bits per heavy atom. The monoisotopic (exact) mass is 451 g/mol. The minimum atomic E-state index is -0.475. The molecule has 33 heavy (non-hydrogen) atoms. The third-order valence-corrected chi connectivity index (χ3v) is 4.56. The van der Waals surface area contributed by atoms with Gasteiger partial charge in [-0.2, -0.15) is 5.10 Å². The van der Waals surface area contributed by atoms with Gasteiger partial charge >= 0.3 is 0 Å². The quantitative estimate of drug-likeness (QED) is 0.400. The molecule has 2 amide bonds. The van der Waals surface area contributed by atoms with Crippen molar-refractivity contribution in [2.45, 2.75) is 0 Å². The first-order valence-electron chi connectivity index (χ1n) is 9.75. The summed E-state index contributed by atoms with van der Waals surface area (Å²) in [4.78, 5) is 24.8. The second-order valence-electron chi connectivity index (χ2n) is 6.70. The number of methoxy groups -OCH3 is 3. The highest BCUT2D eigenvalue weighted by atomic mass is 19.1. The van der Waals surface area contributed by atoms with Gasteiger partial charge in [-0.15, -0.1) is 0 Å². The number of nitrogens with zero attached hydrogens (tertiary/aromatic N) is 1. The average Bonchev–Trinajstić information content (AvgIpc) is 2.83. The van der Waals surface area contributed by atoms with Crippen molar-refractivity contribution in [1.82, 2.24) is 5.43 Å². The predicted octanol–water partition coefficient (Wildman–Crippen LogP) is 3.87. The van der Waals surface area contributed by atoms with Crippen molar-refractivity contribution in [2.75, 3.05) is 26.6 Å². The second-order valence-corrected chi connectivity index (χ2v) is 6.70. The number of anilines is 1. The average molecular weight is 451 g/mol. The molecule has 0 aliphatic carbocycles. The second kappa shape index (κ2) is 10.8. The first-order valence-corrected chi connectivity index (χ1v) is 9.75. The van der Waals surface area contributed by atoms with Gasteiger partial charge in [-0.05, 0) is 54.6 Å². The fraction of sp³-hybridized carbons (Fsp3) is 0.125. The van der Waals surface area contributed by atoms with E-state index in [9.17, 15) is 14.0 Å². The van der Waals surface area contributed by atoms with Crippen LogP contribution in [0.5, 0.6) is 17.2 Å². The van der Waals surface area contributed by atoms with Crippen LogP contribution in [0.25, 0.3) is 0 Å². The molecule has 3 aromatic rings. The summed E-state index contributed by atoms with van der Waals surface area (Å²) in [6.07, 6.45) is 1.43. The van der Waals surface area contributed by atoms with E-state index in [1.54, 1.807) is 30.3 Å². The lowest BCUT2D eigenvalue weighted by Gasteiger charge is -2.12. The van der Waals surface area contributed by atoms with Crippen LogP contribution in [0, 0.1) is 5.82 Å². The first kappa shape index (κ1) is 23.3. The Morgan fingerprint density at radius 3 is 2.12 bits per heavy atom. The molecule has 0 radical (unpaired) electrons. The third-order valence-electron chi connectivity index (χ3n) is 4.56. The molecule has 3 aromatic carbocycles. The van der Waals surface area contributed by atoms with Crippen LogP contribution in [0.2, 0.25) is 0 Å². The van der Waals surface area contributed by atoms with Crippen molar-refractivity contribution in [2.24, 2.45) is 5.10 Å². The number of hydrogen-bond donors (Lipinski definition) is 2. The van der Waals surface area contributed by atoms with Gasteiger partial charge in [-0.1, -0.05) is 6.07 Å². The van der Waals surface area contributed by atoms with Crippen LogP contribution in [0.4, 0.5) is 10.1 Å². The molecule has 3 rings (SSSR count). The molecule has 2 N–H and O–H groups in total. The van der Waals surface area contributed by atoms with Gasteiger partial charge in [-0.3, -0.25) is 9.59 Å². The van der Waals surface area contributed by atoms with E-state index in [0.29, 0.717) is 34.1 Å². The zero-order chi connectivity index (χ0) is 23.8. The van der Waals surface area contributed by atoms with Crippen molar-refractivity contribution in [3.05, 3.63) is 83.2 Å². The fourth-order valence-corrected chi connectivity index (χ4v) is 2.95.